The Morgan fingerprint density at radius 3 is 2.92 bits per heavy atom. The number of carbonyl (C=O) groups excluding carboxylic acids is 1. The predicted octanol–water partition coefficient (Wildman–Crippen LogP) is 2.33. The van der Waals surface area contributed by atoms with Crippen molar-refractivity contribution >= 4 is 11.7 Å². The van der Waals surface area contributed by atoms with Gasteiger partial charge in [0.05, 0.1) is 17.8 Å². The van der Waals surface area contributed by atoms with E-state index >= 15 is 0 Å². The highest BCUT2D eigenvalue weighted by atomic mass is 19.4. The number of nitrogens with zero attached hydrogens (tertiary/aromatic N) is 2. The summed E-state index contributed by atoms with van der Waals surface area (Å²) in [5.74, 6) is 0. The van der Waals surface area contributed by atoms with E-state index in [1.165, 1.54) is 0 Å². The molecule has 7 nitrogen and oxygen atoms in total. The fraction of sp³-hybridized carbons (Fsp3) is 0.400. The second-order valence-electron chi connectivity index (χ2n) is 5.84. The number of rotatable bonds is 2. The molecule has 0 fully saturated rings. The van der Waals surface area contributed by atoms with Crippen molar-refractivity contribution < 1.29 is 18.0 Å². The Hall–Kier alpha value is -2.78. The molecule has 0 aromatic carbocycles. The molecule has 0 saturated carbocycles. The van der Waals surface area contributed by atoms with E-state index in [0.29, 0.717) is 18.7 Å². The first kappa shape index (κ1) is 17.1. The number of hydrogen-bond donors (Lipinski definition) is 3. The molecule has 2 amide bonds. The van der Waals surface area contributed by atoms with Gasteiger partial charge in [0.15, 0.2) is 0 Å². The smallest absolute Gasteiger partial charge is 0.331 e. The number of amides is 2. The van der Waals surface area contributed by atoms with Crippen LogP contribution in [-0.2, 0) is 19.6 Å². The Bertz CT molecular complexity index is 856. The van der Waals surface area contributed by atoms with Crippen molar-refractivity contribution in [1.29, 1.82) is 0 Å². The standard InChI is InChI=1S/C15H16F3N5O2/c1-23-12-4-2-3-10(9(12)7-20-23)21-14(25)22-11-5-8(15(16,17)18)6-19-13(11)24/h5-7,10H,2-4H2,1H3,(H,19,24)(H2,21,22,25)/t10-/m0/s1. The van der Waals surface area contributed by atoms with Gasteiger partial charge in [-0.25, -0.2) is 4.79 Å². The van der Waals surface area contributed by atoms with Crippen LogP contribution < -0.4 is 16.2 Å². The number of aromatic nitrogens is 3. The minimum absolute atomic E-state index is 0.303. The lowest BCUT2D eigenvalue weighted by atomic mass is 9.93. The number of anilines is 1. The van der Waals surface area contributed by atoms with E-state index in [9.17, 15) is 22.8 Å². The van der Waals surface area contributed by atoms with Crippen LogP contribution in [0.25, 0.3) is 0 Å². The van der Waals surface area contributed by atoms with Crippen molar-refractivity contribution in [2.75, 3.05) is 5.32 Å². The average Bonchev–Trinajstić information content (AvgIpc) is 2.91. The summed E-state index contributed by atoms with van der Waals surface area (Å²) < 4.78 is 39.9. The summed E-state index contributed by atoms with van der Waals surface area (Å²) in [4.78, 5) is 25.7. The van der Waals surface area contributed by atoms with E-state index in [0.717, 1.165) is 24.1 Å². The van der Waals surface area contributed by atoms with Gasteiger partial charge in [-0.05, 0) is 25.3 Å². The van der Waals surface area contributed by atoms with Crippen molar-refractivity contribution in [3.8, 4) is 0 Å². The van der Waals surface area contributed by atoms with Crippen LogP contribution in [0.2, 0.25) is 0 Å². The minimum Gasteiger partial charge on any atom is -0.331 e. The van der Waals surface area contributed by atoms with Crippen LogP contribution in [0.5, 0.6) is 0 Å². The fourth-order valence-electron chi connectivity index (χ4n) is 2.91. The number of hydrogen-bond acceptors (Lipinski definition) is 3. The van der Waals surface area contributed by atoms with Gasteiger partial charge in [0.25, 0.3) is 5.56 Å². The van der Waals surface area contributed by atoms with E-state index in [1.807, 2.05) is 12.0 Å². The van der Waals surface area contributed by atoms with Gasteiger partial charge >= 0.3 is 12.2 Å². The molecule has 0 bridgehead atoms. The molecule has 2 heterocycles. The molecule has 3 rings (SSSR count). The molecule has 0 radical (unpaired) electrons. The first-order valence-corrected chi connectivity index (χ1v) is 7.64. The zero-order chi connectivity index (χ0) is 18.2. The molecule has 1 aliphatic rings. The lowest BCUT2D eigenvalue weighted by Crippen LogP contribution is -2.35. The maximum atomic E-state index is 12.7. The summed E-state index contributed by atoms with van der Waals surface area (Å²) in [6.07, 6.45) is -0.0122. The number of fused-ring (bicyclic) bond motifs is 1. The van der Waals surface area contributed by atoms with Crippen molar-refractivity contribution in [3.63, 3.8) is 0 Å². The molecule has 134 valence electrons. The molecule has 3 N–H and O–H groups in total. The van der Waals surface area contributed by atoms with Crippen LogP contribution in [0.3, 0.4) is 0 Å². The van der Waals surface area contributed by atoms with Gasteiger partial charge in [0.1, 0.15) is 5.69 Å². The molecule has 0 spiro atoms. The number of urea groups is 1. The third-order valence-electron chi connectivity index (χ3n) is 4.16. The van der Waals surface area contributed by atoms with Crippen LogP contribution in [0.4, 0.5) is 23.7 Å². The zero-order valence-corrected chi connectivity index (χ0v) is 13.3. The first-order chi connectivity index (χ1) is 11.8. The highest BCUT2D eigenvalue weighted by Gasteiger charge is 2.32. The summed E-state index contributed by atoms with van der Waals surface area (Å²) in [5.41, 5.74) is -0.437. The second kappa shape index (κ2) is 6.26. The number of carbonyl (C=O) groups is 1. The highest BCUT2D eigenvalue weighted by molar-refractivity contribution is 5.89. The number of alkyl halides is 3. The van der Waals surface area contributed by atoms with Crippen LogP contribution in [0.1, 0.15) is 35.7 Å². The summed E-state index contributed by atoms with van der Waals surface area (Å²) in [6, 6.07) is -0.441. The summed E-state index contributed by atoms with van der Waals surface area (Å²) in [7, 11) is 1.81. The van der Waals surface area contributed by atoms with Gasteiger partial charge in [0.2, 0.25) is 0 Å². The van der Waals surface area contributed by atoms with Crippen LogP contribution in [0, 0.1) is 0 Å². The third kappa shape index (κ3) is 3.52. The number of aryl methyl sites for hydroxylation is 1. The summed E-state index contributed by atoms with van der Waals surface area (Å²) in [5, 5.41) is 9.03. The van der Waals surface area contributed by atoms with Crippen molar-refractivity contribution in [1.82, 2.24) is 20.1 Å². The zero-order valence-electron chi connectivity index (χ0n) is 13.3. The van der Waals surface area contributed by atoms with Gasteiger partial charge in [-0.3, -0.25) is 9.48 Å². The Kier molecular flexibility index (Phi) is 4.27. The second-order valence-corrected chi connectivity index (χ2v) is 5.84. The van der Waals surface area contributed by atoms with E-state index in [2.05, 4.69) is 15.7 Å². The number of nitrogens with one attached hydrogen (secondary N) is 3. The largest absolute Gasteiger partial charge is 0.417 e. The molecule has 0 aliphatic heterocycles. The van der Waals surface area contributed by atoms with Gasteiger partial charge in [0, 0.05) is 24.5 Å². The maximum absolute atomic E-state index is 12.7. The molecule has 0 saturated heterocycles. The number of aromatic amines is 1. The average molecular weight is 355 g/mol. The van der Waals surface area contributed by atoms with E-state index in [4.69, 9.17) is 0 Å². The predicted molar refractivity (Wildman–Crippen MR) is 83.1 cm³/mol. The summed E-state index contributed by atoms with van der Waals surface area (Å²) in [6.45, 7) is 0. The molecule has 1 atom stereocenters. The van der Waals surface area contributed by atoms with E-state index < -0.39 is 29.0 Å². The van der Waals surface area contributed by atoms with Gasteiger partial charge in [-0.15, -0.1) is 0 Å². The van der Waals surface area contributed by atoms with Crippen molar-refractivity contribution in [2.24, 2.45) is 7.05 Å². The number of H-pyrrole nitrogens is 1. The maximum Gasteiger partial charge on any atom is 0.417 e. The highest BCUT2D eigenvalue weighted by Crippen LogP contribution is 2.30. The van der Waals surface area contributed by atoms with Crippen LogP contribution >= 0.6 is 0 Å². The lowest BCUT2D eigenvalue weighted by Gasteiger charge is -2.23. The van der Waals surface area contributed by atoms with Crippen LogP contribution in [0.15, 0.2) is 23.3 Å². The number of pyridine rings is 1. The normalized spacial score (nSPS) is 17.0. The minimum atomic E-state index is -4.62. The molecule has 25 heavy (non-hydrogen) atoms. The van der Waals surface area contributed by atoms with E-state index in [-0.39, 0.29) is 6.04 Å². The molecule has 1 aliphatic carbocycles. The molecule has 10 heteroatoms. The number of halogens is 3. The molecule has 2 aromatic rings. The Morgan fingerprint density at radius 1 is 1.44 bits per heavy atom. The Balaban J connectivity index is 1.75. The van der Waals surface area contributed by atoms with Crippen LogP contribution in [-0.4, -0.2) is 20.8 Å². The SMILES string of the molecule is Cn1ncc2c1CCC[C@@H]2NC(=O)Nc1cc(C(F)(F)F)c[nH]c1=O. The fourth-order valence-corrected chi connectivity index (χ4v) is 2.91. The molecule has 2 aromatic heterocycles. The van der Waals surface area contributed by atoms with Gasteiger partial charge in [-0.2, -0.15) is 18.3 Å². The Labute approximate surface area is 140 Å². The molecule has 0 unspecified atom stereocenters. The Morgan fingerprint density at radius 2 is 2.20 bits per heavy atom. The first-order valence-electron chi connectivity index (χ1n) is 7.64. The topological polar surface area (TPSA) is 91.8 Å². The van der Waals surface area contributed by atoms with E-state index in [1.54, 1.807) is 10.9 Å². The molecular formula is C15H16F3N5O2. The van der Waals surface area contributed by atoms with Gasteiger partial charge in [-0.1, -0.05) is 0 Å². The monoisotopic (exact) mass is 355 g/mol. The van der Waals surface area contributed by atoms with Crippen molar-refractivity contribution in [2.45, 2.75) is 31.5 Å². The summed E-state index contributed by atoms with van der Waals surface area (Å²) >= 11 is 0. The quantitative estimate of drug-likeness (QED) is 0.772. The van der Waals surface area contributed by atoms with Crippen molar-refractivity contribution in [3.05, 3.63) is 45.6 Å². The van der Waals surface area contributed by atoms with Gasteiger partial charge < -0.3 is 15.6 Å². The molecular weight excluding hydrogens is 339 g/mol. The third-order valence-corrected chi connectivity index (χ3v) is 4.16. The lowest BCUT2D eigenvalue weighted by molar-refractivity contribution is -0.137.